The van der Waals surface area contributed by atoms with E-state index in [1.807, 2.05) is 30.3 Å². The molecule has 0 saturated carbocycles. The second-order valence-corrected chi connectivity index (χ2v) is 7.59. The minimum absolute atomic E-state index is 0.0643. The number of nitrogens with one attached hydrogen (secondary N) is 1. The van der Waals surface area contributed by atoms with Gasteiger partial charge >= 0.3 is 6.03 Å². The van der Waals surface area contributed by atoms with E-state index in [1.54, 1.807) is 36.3 Å². The third kappa shape index (κ3) is 4.69. The van der Waals surface area contributed by atoms with E-state index < -0.39 is 12.1 Å². The Morgan fingerprint density at radius 1 is 1.13 bits per heavy atom. The lowest BCUT2D eigenvalue weighted by molar-refractivity contribution is -0.141. The molecule has 162 valence electrons. The van der Waals surface area contributed by atoms with Crippen molar-refractivity contribution in [3.8, 4) is 5.75 Å². The van der Waals surface area contributed by atoms with Crippen LogP contribution >= 0.6 is 0 Å². The van der Waals surface area contributed by atoms with E-state index in [0.29, 0.717) is 25.4 Å². The van der Waals surface area contributed by atoms with Gasteiger partial charge in [-0.05, 0) is 23.3 Å². The second kappa shape index (κ2) is 9.18. The molecule has 0 radical (unpaired) electrons. The minimum atomic E-state index is -0.851. The number of hydrogen-bond acceptors (Lipinski definition) is 5. The maximum absolute atomic E-state index is 12.9. The highest BCUT2D eigenvalue weighted by atomic mass is 16.5. The SMILES string of the molecule is COc1ccc(CN2C(=O)N[C@H](CC(=O)N3CCO[C@@H](c4ccccc4)C3)C2=O)cc1. The zero-order valence-corrected chi connectivity index (χ0v) is 17.3. The van der Waals surface area contributed by atoms with Crippen LogP contribution < -0.4 is 10.1 Å². The number of amides is 4. The van der Waals surface area contributed by atoms with Gasteiger partial charge in [-0.3, -0.25) is 14.5 Å². The van der Waals surface area contributed by atoms with Gasteiger partial charge in [0, 0.05) is 6.54 Å². The third-order valence-electron chi connectivity index (χ3n) is 5.58. The molecule has 2 saturated heterocycles. The molecule has 2 atom stereocenters. The van der Waals surface area contributed by atoms with Crippen LogP contribution in [0.25, 0.3) is 0 Å². The quantitative estimate of drug-likeness (QED) is 0.719. The van der Waals surface area contributed by atoms with Crippen molar-refractivity contribution in [1.82, 2.24) is 15.1 Å². The van der Waals surface area contributed by atoms with Crippen molar-refractivity contribution in [3.05, 3.63) is 65.7 Å². The van der Waals surface area contributed by atoms with Gasteiger partial charge in [0.15, 0.2) is 0 Å². The first-order valence-electron chi connectivity index (χ1n) is 10.2. The van der Waals surface area contributed by atoms with Crippen LogP contribution in [0.4, 0.5) is 4.79 Å². The van der Waals surface area contributed by atoms with Crippen LogP contribution in [0.3, 0.4) is 0 Å². The fraction of sp³-hybridized carbons (Fsp3) is 0.348. The Morgan fingerprint density at radius 2 is 1.87 bits per heavy atom. The molecule has 2 heterocycles. The number of hydrogen-bond donors (Lipinski definition) is 1. The maximum atomic E-state index is 12.9. The summed E-state index contributed by atoms with van der Waals surface area (Å²) in [5.74, 6) is 0.139. The molecule has 2 aliphatic rings. The van der Waals surface area contributed by atoms with Gasteiger partial charge in [0.1, 0.15) is 17.9 Å². The van der Waals surface area contributed by atoms with Crippen molar-refractivity contribution in [2.45, 2.75) is 25.1 Å². The van der Waals surface area contributed by atoms with Gasteiger partial charge in [0.25, 0.3) is 5.91 Å². The fourth-order valence-electron chi connectivity index (χ4n) is 3.83. The molecule has 8 nitrogen and oxygen atoms in total. The van der Waals surface area contributed by atoms with E-state index in [9.17, 15) is 14.4 Å². The highest BCUT2D eigenvalue weighted by molar-refractivity contribution is 6.05. The van der Waals surface area contributed by atoms with E-state index in [0.717, 1.165) is 16.0 Å². The summed E-state index contributed by atoms with van der Waals surface area (Å²) in [5, 5.41) is 2.64. The van der Waals surface area contributed by atoms with Gasteiger partial charge in [0.2, 0.25) is 5.91 Å². The van der Waals surface area contributed by atoms with E-state index in [2.05, 4.69) is 5.32 Å². The van der Waals surface area contributed by atoms with E-state index in [4.69, 9.17) is 9.47 Å². The summed E-state index contributed by atoms with van der Waals surface area (Å²) in [6, 6.07) is 15.6. The standard InChI is InChI=1S/C23H25N3O5/c1-30-18-9-7-16(8-10-18)14-26-22(28)19(24-23(26)29)13-21(27)25-11-12-31-20(15-25)17-5-3-2-4-6-17/h2-10,19-20H,11-15H2,1H3,(H,24,29)/t19-,20-/m1/s1. The van der Waals surface area contributed by atoms with Crippen molar-refractivity contribution < 1.29 is 23.9 Å². The summed E-state index contributed by atoms with van der Waals surface area (Å²) in [4.78, 5) is 40.8. The number of rotatable bonds is 6. The van der Waals surface area contributed by atoms with E-state index in [-0.39, 0.29) is 30.9 Å². The van der Waals surface area contributed by atoms with Gasteiger partial charge in [-0.15, -0.1) is 0 Å². The van der Waals surface area contributed by atoms with Crippen molar-refractivity contribution in [1.29, 1.82) is 0 Å². The number of methoxy groups -OCH3 is 1. The summed E-state index contributed by atoms with van der Waals surface area (Å²) in [6.07, 6.45) is -0.259. The first-order chi connectivity index (χ1) is 15.0. The Bertz CT molecular complexity index is 947. The number of carbonyl (C=O) groups excluding carboxylic acids is 3. The lowest BCUT2D eigenvalue weighted by Crippen LogP contribution is -2.45. The minimum Gasteiger partial charge on any atom is -0.497 e. The summed E-state index contributed by atoms with van der Waals surface area (Å²) in [7, 11) is 1.57. The van der Waals surface area contributed by atoms with Gasteiger partial charge in [-0.25, -0.2) is 4.79 Å². The number of carbonyl (C=O) groups is 3. The van der Waals surface area contributed by atoms with Crippen LogP contribution in [0.1, 0.15) is 23.7 Å². The monoisotopic (exact) mass is 423 g/mol. The Labute approximate surface area is 180 Å². The molecular formula is C23H25N3O5. The predicted molar refractivity (Wildman–Crippen MR) is 112 cm³/mol. The average molecular weight is 423 g/mol. The van der Waals surface area contributed by atoms with Gasteiger partial charge in [-0.1, -0.05) is 42.5 Å². The molecule has 8 heteroatoms. The molecule has 0 bridgehead atoms. The number of imide groups is 1. The molecule has 2 fully saturated rings. The lowest BCUT2D eigenvalue weighted by Gasteiger charge is -2.33. The molecule has 4 amide bonds. The smallest absolute Gasteiger partial charge is 0.325 e. The van der Waals surface area contributed by atoms with Crippen molar-refractivity contribution in [2.24, 2.45) is 0 Å². The number of ether oxygens (including phenoxy) is 2. The van der Waals surface area contributed by atoms with Gasteiger partial charge < -0.3 is 19.7 Å². The predicted octanol–water partition coefficient (Wildman–Crippen LogP) is 2.11. The van der Waals surface area contributed by atoms with Crippen LogP contribution in [0.5, 0.6) is 5.75 Å². The molecule has 1 N–H and O–H groups in total. The Balaban J connectivity index is 1.36. The first-order valence-corrected chi connectivity index (χ1v) is 10.2. The molecule has 0 spiro atoms. The van der Waals surface area contributed by atoms with Crippen LogP contribution in [0.15, 0.2) is 54.6 Å². The van der Waals surface area contributed by atoms with Crippen LogP contribution in [0.2, 0.25) is 0 Å². The molecule has 2 aliphatic heterocycles. The Morgan fingerprint density at radius 3 is 2.58 bits per heavy atom. The van der Waals surface area contributed by atoms with Crippen LogP contribution in [0, 0.1) is 0 Å². The largest absolute Gasteiger partial charge is 0.497 e. The molecular weight excluding hydrogens is 398 g/mol. The summed E-state index contributed by atoms with van der Waals surface area (Å²) >= 11 is 0. The first kappa shape index (κ1) is 20.9. The van der Waals surface area contributed by atoms with Crippen molar-refractivity contribution in [3.63, 3.8) is 0 Å². The number of benzene rings is 2. The molecule has 0 unspecified atom stereocenters. The van der Waals surface area contributed by atoms with Crippen LogP contribution in [-0.2, 0) is 20.9 Å². The summed E-state index contributed by atoms with van der Waals surface area (Å²) in [5.41, 5.74) is 1.81. The number of urea groups is 1. The fourth-order valence-corrected chi connectivity index (χ4v) is 3.83. The zero-order valence-electron chi connectivity index (χ0n) is 17.3. The zero-order chi connectivity index (χ0) is 21.8. The molecule has 2 aromatic carbocycles. The van der Waals surface area contributed by atoms with E-state index >= 15 is 0 Å². The Kier molecular flexibility index (Phi) is 6.18. The van der Waals surface area contributed by atoms with Crippen LogP contribution in [-0.4, -0.2) is 60.5 Å². The maximum Gasteiger partial charge on any atom is 0.325 e. The van der Waals surface area contributed by atoms with Gasteiger partial charge in [-0.2, -0.15) is 0 Å². The summed E-state index contributed by atoms with van der Waals surface area (Å²) < 4.78 is 10.9. The Hall–Kier alpha value is -3.39. The highest BCUT2D eigenvalue weighted by Crippen LogP contribution is 2.23. The molecule has 2 aromatic rings. The van der Waals surface area contributed by atoms with Crippen molar-refractivity contribution in [2.75, 3.05) is 26.8 Å². The average Bonchev–Trinajstić information content (AvgIpc) is 3.07. The normalized spacial score (nSPS) is 21.2. The van der Waals surface area contributed by atoms with Crippen molar-refractivity contribution >= 4 is 17.8 Å². The molecule has 0 aromatic heterocycles. The van der Waals surface area contributed by atoms with E-state index in [1.165, 1.54) is 0 Å². The highest BCUT2D eigenvalue weighted by Gasteiger charge is 2.40. The molecule has 0 aliphatic carbocycles. The second-order valence-electron chi connectivity index (χ2n) is 7.59. The topological polar surface area (TPSA) is 88.2 Å². The van der Waals surface area contributed by atoms with Gasteiger partial charge in [0.05, 0.1) is 33.2 Å². The number of morpholine rings is 1. The molecule has 31 heavy (non-hydrogen) atoms. The lowest BCUT2D eigenvalue weighted by atomic mass is 10.1. The number of nitrogens with zero attached hydrogens (tertiary/aromatic N) is 2. The molecule has 4 rings (SSSR count). The third-order valence-corrected chi connectivity index (χ3v) is 5.58. The summed E-state index contributed by atoms with van der Waals surface area (Å²) in [6.45, 7) is 1.46.